The van der Waals surface area contributed by atoms with E-state index in [1.165, 1.54) is 0 Å². The molecule has 0 saturated carbocycles. The Morgan fingerprint density at radius 3 is 2.59 bits per heavy atom. The van der Waals surface area contributed by atoms with Crippen LogP contribution in [0.3, 0.4) is 0 Å². The van der Waals surface area contributed by atoms with Crippen molar-refractivity contribution in [3.8, 4) is 22.7 Å². The molecule has 5 rings (SSSR count). The number of primary amides is 1. The molecule has 1 aliphatic rings. The smallest absolute Gasteiger partial charge is 0.269 e. The van der Waals surface area contributed by atoms with Crippen molar-refractivity contribution in [1.82, 2.24) is 9.78 Å². The lowest BCUT2D eigenvalue weighted by Gasteiger charge is -2.21. The summed E-state index contributed by atoms with van der Waals surface area (Å²) in [5.41, 5.74) is 9.46. The fraction of sp³-hybridized carbons (Fsp3) is 0.0800. The van der Waals surface area contributed by atoms with E-state index >= 15 is 0 Å². The Kier molecular flexibility index (Phi) is 5.77. The Morgan fingerprint density at radius 1 is 1.12 bits per heavy atom. The zero-order chi connectivity index (χ0) is 23.8. The second-order valence-electron chi connectivity index (χ2n) is 7.58. The molecule has 2 heterocycles. The van der Waals surface area contributed by atoms with Gasteiger partial charge in [-0.15, -0.1) is 11.8 Å². The minimum Gasteiger partial charge on any atom is -0.488 e. The monoisotopic (exact) mass is 490 g/mol. The van der Waals surface area contributed by atoms with Gasteiger partial charge in [0.05, 0.1) is 22.0 Å². The number of carbonyl (C=O) groups excluding carboxylic acids is 2. The maximum atomic E-state index is 12.8. The van der Waals surface area contributed by atoms with Gasteiger partial charge >= 0.3 is 0 Å². The lowest BCUT2D eigenvalue weighted by molar-refractivity contribution is 0.0990. The number of hydrogen-bond donors (Lipinski definition) is 2. The molecular weight excluding hydrogens is 472 g/mol. The van der Waals surface area contributed by atoms with E-state index in [-0.39, 0.29) is 18.2 Å². The Morgan fingerprint density at radius 2 is 1.88 bits per heavy atom. The molecule has 3 N–H and O–H groups in total. The molecule has 0 fully saturated rings. The lowest BCUT2D eigenvalue weighted by Crippen LogP contribution is -2.16. The normalized spacial score (nSPS) is 11.8. The predicted octanol–water partition coefficient (Wildman–Crippen LogP) is 5.16. The van der Waals surface area contributed by atoms with E-state index in [1.54, 1.807) is 58.9 Å². The van der Waals surface area contributed by atoms with Crippen molar-refractivity contribution in [3.05, 3.63) is 88.6 Å². The van der Waals surface area contributed by atoms with Crippen LogP contribution in [-0.4, -0.2) is 27.9 Å². The van der Waals surface area contributed by atoms with Crippen molar-refractivity contribution in [2.75, 3.05) is 11.6 Å². The standard InChI is InChI=1S/C25H19ClN4O3S/c1-34-16-9-7-15(8-10-16)30-23-18-12-14(28-25(32)17-4-2-3-5-20(17)26)6-11-21(18)33-13-19(23)22(29-30)24(27)31/h2-12H,13H2,1H3,(H2,27,31)(H,28,32). The van der Waals surface area contributed by atoms with Gasteiger partial charge in [0.1, 0.15) is 12.4 Å². The highest BCUT2D eigenvalue weighted by molar-refractivity contribution is 7.98. The summed E-state index contributed by atoms with van der Waals surface area (Å²) in [6, 6.07) is 20.0. The molecule has 4 aromatic rings. The molecule has 0 spiro atoms. The van der Waals surface area contributed by atoms with Crippen LogP contribution in [0.4, 0.5) is 5.69 Å². The molecule has 3 aromatic carbocycles. The van der Waals surface area contributed by atoms with Crippen LogP contribution in [0.15, 0.2) is 71.6 Å². The number of rotatable bonds is 5. The molecule has 0 aliphatic carbocycles. The Labute approximate surface area is 204 Å². The molecule has 34 heavy (non-hydrogen) atoms. The van der Waals surface area contributed by atoms with Gasteiger partial charge in [-0.2, -0.15) is 5.10 Å². The van der Waals surface area contributed by atoms with E-state index in [2.05, 4.69) is 10.4 Å². The number of anilines is 1. The molecule has 9 heteroatoms. The molecule has 2 amide bonds. The van der Waals surface area contributed by atoms with Crippen LogP contribution in [0.2, 0.25) is 5.02 Å². The number of halogens is 1. The van der Waals surface area contributed by atoms with Crippen LogP contribution < -0.4 is 15.8 Å². The topological polar surface area (TPSA) is 99.2 Å². The van der Waals surface area contributed by atoms with E-state index in [1.807, 2.05) is 30.5 Å². The number of nitrogens with two attached hydrogens (primary N) is 1. The molecule has 0 radical (unpaired) electrons. The summed E-state index contributed by atoms with van der Waals surface area (Å²) < 4.78 is 7.59. The van der Waals surface area contributed by atoms with Crippen molar-refractivity contribution < 1.29 is 14.3 Å². The first kappa shape index (κ1) is 22.1. The van der Waals surface area contributed by atoms with Crippen molar-refractivity contribution in [1.29, 1.82) is 0 Å². The second kappa shape index (κ2) is 8.89. The van der Waals surface area contributed by atoms with E-state index in [0.29, 0.717) is 38.8 Å². The van der Waals surface area contributed by atoms with E-state index in [0.717, 1.165) is 10.6 Å². The van der Waals surface area contributed by atoms with Gasteiger partial charge in [-0.1, -0.05) is 23.7 Å². The van der Waals surface area contributed by atoms with Crippen molar-refractivity contribution >= 4 is 40.9 Å². The minimum atomic E-state index is -0.633. The van der Waals surface area contributed by atoms with Gasteiger partial charge in [0.15, 0.2) is 5.69 Å². The average Bonchev–Trinajstić information content (AvgIpc) is 3.25. The highest BCUT2D eigenvalue weighted by Crippen LogP contribution is 2.41. The fourth-order valence-corrected chi connectivity index (χ4v) is 4.51. The highest BCUT2D eigenvalue weighted by atomic mass is 35.5. The van der Waals surface area contributed by atoms with Crippen LogP contribution in [0.1, 0.15) is 26.4 Å². The van der Waals surface area contributed by atoms with Crippen LogP contribution in [0.5, 0.6) is 5.75 Å². The zero-order valence-electron chi connectivity index (χ0n) is 18.0. The van der Waals surface area contributed by atoms with Gasteiger partial charge < -0.3 is 15.8 Å². The summed E-state index contributed by atoms with van der Waals surface area (Å²) in [5.74, 6) is -0.353. The average molecular weight is 491 g/mol. The van der Waals surface area contributed by atoms with Crippen molar-refractivity contribution in [2.24, 2.45) is 5.73 Å². The fourth-order valence-electron chi connectivity index (χ4n) is 3.88. The van der Waals surface area contributed by atoms with Crippen molar-refractivity contribution in [2.45, 2.75) is 11.5 Å². The predicted molar refractivity (Wildman–Crippen MR) is 133 cm³/mol. The highest BCUT2D eigenvalue weighted by Gasteiger charge is 2.29. The summed E-state index contributed by atoms with van der Waals surface area (Å²) >= 11 is 7.81. The number of aromatic nitrogens is 2. The molecule has 0 atom stereocenters. The van der Waals surface area contributed by atoms with E-state index in [4.69, 9.17) is 22.1 Å². The number of nitrogens with one attached hydrogen (secondary N) is 1. The first-order valence-corrected chi connectivity index (χ1v) is 12.0. The van der Waals surface area contributed by atoms with Gasteiger partial charge in [-0.05, 0) is 60.9 Å². The number of benzene rings is 3. The third kappa shape index (κ3) is 3.91. The number of amides is 2. The van der Waals surface area contributed by atoms with Crippen molar-refractivity contribution in [3.63, 3.8) is 0 Å². The van der Waals surface area contributed by atoms with E-state index < -0.39 is 5.91 Å². The second-order valence-corrected chi connectivity index (χ2v) is 8.87. The van der Waals surface area contributed by atoms with Gasteiger partial charge in [0, 0.05) is 21.7 Å². The zero-order valence-corrected chi connectivity index (χ0v) is 19.6. The Balaban J connectivity index is 1.60. The molecule has 170 valence electrons. The molecular formula is C25H19ClN4O3S. The van der Waals surface area contributed by atoms with E-state index in [9.17, 15) is 9.59 Å². The minimum absolute atomic E-state index is 0.153. The molecule has 0 unspecified atom stereocenters. The number of nitrogens with zero attached hydrogens (tertiary/aromatic N) is 2. The van der Waals surface area contributed by atoms with Gasteiger partial charge in [0.25, 0.3) is 11.8 Å². The van der Waals surface area contributed by atoms with Crippen LogP contribution in [0.25, 0.3) is 16.9 Å². The Bertz CT molecular complexity index is 1430. The Hall–Kier alpha value is -3.75. The number of fused-ring (bicyclic) bond motifs is 3. The van der Waals surface area contributed by atoms with Crippen LogP contribution in [0, 0.1) is 0 Å². The number of thioether (sulfide) groups is 1. The number of ether oxygens (including phenoxy) is 1. The maximum Gasteiger partial charge on any atom is 0.269 e. The quantitative estimate of drug-likeness (QED) is 0.376. The summed E-state index contributed by atoms with van der Waals surface area (Å²) in [6.07, 6.45) is 2.00. The first-order valence-electron chi connectivity index (χ1n) is 10.4. The SMILES string of the molecule is CSc1ccc(-n2nc(C(N)=O)c3c2-c2cc(NC(=O)c4ccccc4Cl)ccc2OC3)cc1. The van der Waals surface area contributed by atoms with Gasteiger partial charge in [0.2, 0.25) is 0 Å². The molecule has 1 aliphatic heterocycles. The lowest BCUT2D eigenvalue weighted by atomic mass is 10.0. The summed E-state index contributed by atoms with van der Waals surface area (Å²) in [6.45, 7) is 0.162. The van der Waals surface area contributed by atoms with Gasteiger partial charge in [-0.3, -0.25) is 9.59 Å². The molecule has 0 saturated heterocycles. The maximum absolute atomic E-state index is 12.8. The third-order valence-corrected chi connectivity index (χ3v) is 6.59. The first-order chi connectivity index (χ1) is 16.5. The summed E-state index contributed by atoms with van der Waals surface area (Å²) in [7, 11) is 0. The van der Waals surface area contributed by atoms with Crippen LogP contribution >= 0.6 is 23.4 Å². The molecule has 0 bridgehead atoms. The third-order valence-electron chi connectivity index (χ3n) is 5.52. The molecule has 1 aromatic heterocycles. The molecule has 7 nitrogen and oxygen atoms in total. The number of carbonyl (C=O) groups is 2. The summed E-state index contributed by atoms with van der Waals surface area (Å²) in [5, 5.41) is 7.76. The van der Waals surface area contributed by atoms with Crippen LogP contribution in [-0.2, 0) is 6.61 Å². The largest absolute Gasteiger partial charge is 0.488 e. The summed E-state index contributed by atoms with van der Waals surface area (Å²) in [4.78, 5) is 26.0. The van der Waals surface area contributed by atoms with Gasteiger partial charge in [-0.25, -0.2) is 4.68 Å². The number of hydrogen-bond acceptors (Lipinski definition) is 5.